The number of hydrogen-bond donors (Lipinski definition) is 2. The predicted octanol–water partition coefficient (Wildman–Crippen LogP) is 0.869. The number of nitrogens with zero attached hydrogens (tertiary/aromatic N) is 2. The topological polar surface area (TPSA) is 72.9 Å². The van der Waals surface area contributed by atoms with Gasteiger partial charge in [-0.3, -0.25) is 4.79 Å². The molecule has 1 saturated heterocycles. The molecule has 3 amide bonds. The fraction of sp³-hybridized carbons (Fsp3) is 0.500. The fourth-order valence-electron chi connectivity index (χ4n) is 2.57. The zero-order chi connectivity index (χ0) is 17.0. The molecule has 0 bridgehead atoms. The normalized spacial score (nSPS) is 18.5. The quantitative estimate of drug-likeness (QED) is 0.848. The Labute approximate surface area is 134 Å². The number of aliphatic hydroxyl groups excluding tert-OH is 1. The van der Waals surface area contributed by atoms with Crippen molar-refractivity contribution in [2.24, 2.45) is 0 Å². The molecule has 23 heavy (non-hydrogen) atoms. The summed E-state index contributed by atoms with van der Waals surface area (Å²) >= 11 is 0. The van der Waals surface area contributed by atoms with Crippen LogP contribution >= 0.6 is 0 Å². The molecule has 2 N–H and O–H groups in total. The number of hydrogen-bond acceptors (Lipinski definition) is 3. The van der Waals surface area contributed by atoms with Crippen molar-refractivity contribution in [3.05, 3.63) is 35.1 Å². The number of carbonyl (C=O) groups is 2. The summed E-state index contributed by atoms with van der Waals surface area (Å²) in [7, 11) is 0. The van der Waals surface area contributed by atoms with Gasteiger partial charge in [0, 0.05) is 33.1 Å². The average molecular weight is 323 g/mol. The Hall–Kier alpha value is -2.15. The van der Waals surface area contributed by atoms with E-state index in [0.717, 1.165) is 5.56 Å². The van der Waals surface area contributed by atoms with Crippen molar-refractivity contribution >= 4 is 11.9 Å². The molecule has 1 aromatic carbocycles. The Morgan fingerprint density at radius 3 is 2.65 bits per heavy atom. The monoisotopic (exact) mass is 323 g/mol. The maximum absolute atomic E-state index is 13.3. The van der Waals surface area contributed by atoms with E-state index in [1.165, 1.54) is 28.9 Å². The van der Waals surface area contributed by atoms with E-state index < -0.39 is 6.10 Å². The first-order valence-corrected chi connectivity index (χ1v) is 7.58. The molecule has 0 radical (unpaired) electrons. The number of aryl methyl sites for hydroxylation is 1. The number of rotatable bonds is 2. The summed E-state index contributed by atoms with van der Waals surface area (Å²) in [6.45, 7) is 4.63. The Balaban J connectivity index is 1.95. The molecule has 7 heteroatoms. The Morgan fingerprint density at radius 1 is 1.30 bits per heavy atom. The maximum Gasteiger partial charge on any atom is 0.317 e. The highest BCUT2D eigenvalue weighted by molar-refractivity contribution is 5.75. The van der Waals surface area contributed by atoms with Crippen molar-refractivity contribution in [3.8, 4) is 0 Å². The number of urea groups is 1. The van der Waals surface area contributed by atoms with Gasteiger partial charge < -0.3 is 20.2 Å². The Kier molecular flexibility index (Phi) is 5.54. The highest BCUT2D eigenvalue weighted by atomic mass is 19.1. The van der Waals surface area contributed by atoms with Crippen LogP contribution in [0.25, 0.3) is 0 Å². The highest BCUT2D eigenvalue weighted by Crippen LogP contribution is 2.10. The molecule has 1 aliphatic rings. The summed E-state index contributed by atoms with van der Waals surface area (Å²) in [5.41, 5.74) is 1.60. The van der Waals surface area contributed by atoms with Gasteiger partial charge in [-0.2, -0.15) is 0 Å². The van der Waals surface area contributed by atoms with Crippen molar-refractivity contribution in [1.82, 2.24) is 15.1 Å². The van der Waals surface area contributed by atoms with Crippen molar-refractivity contribution in [3.63, 3.8) is 0 Å². The van der Waals surface area contributed by atoms with Crippen LogP contribution in [0.5, 0.6) is 0 Å². The molecule has 1 aliphatic heterocycles. The van der Waals surface area contributed by atoms with Crippen LogP contribution in [-0.2, 0) is 11.3 Å². The molecule has 126 valence electrons. The zero-order valence-electron chi connectivity index (χ0n) is 13.4. The van der Waals surface area contributed by atoms with Crippen molar-refractivity contribution in [2.75, 3.05) is 26.2 Å². The number of halogens is 1. The third kappa shape index (κ3) is 4.66. The lowest BCUT2D eigenvalue weighted by Gasteiger charge is -2.22. The lowest BCUT2D eigenvalue weighted by atomic mass is 10.1. The minimum absolute atomic E-state index is 0.123. The van der Waals surface area contributed by atoms with Crippen LogP contribution in [0.2, 0.25) is 0 Å². The highest BCUT2D eigenvalue weighted by Gasteiger charge is 2.25. The number of β-amino-alcohol motifs (C(OH)–C–C–N with tert-alkyl or cyclic N) is 1. The second-order valence-electron chi connectivity index (χ2n) is 5.79. The standard InChI is InChI=1S/C16H22FN3O3/c1-11-3-4-14(17)7-13(11)8-18-16(23)20-6-5-19(12(2)21)9-15(22)10-20/h3-4,7,15,22H,5-6,8-10H2,1-2H3,(H,18,23)/t15-/m1/s1. The van der Waals surface area contributed by atoms with Gasteiger partial charge in [0.2, 0.25) is 5.91 Å². The second-order valence-corrected chi connectivity index (χ2v) is 5.79. The van der Waals surface area contributed by atoms with E-state index in [0.29, 0.717) is 18.7 Å². The first kappa shape index (κ1) is 17.2. The SMILES string of the molecule is CC(=O)N1CCN(C(=O)NCc2cc(F)ccc2C)C[C@H](O)C1. The second kappa shape index (κ2) is 7.41. The molecule has 1 fully saturated rings. The van der Waals surface area contributed by atoms with Crippen molar-refractivity contribution in [1.29, 1.82) is 0 Å². The first-order chi connectivity index (χ1) is 10.9. The lowest BCUT2D eigenvalue weighted by molar-refractivity contribution is -0.129. The summed E-state index contributed by atoms with van der Waals surface area (Å²) in [5, 5.41) is 12.7. The van der Waals surface area contributed by atoms with Gasteiger partial charge in [-0.15, -0.1) is 0 Å². The Morgan fingerprint density at radius 2 is 1.96 bits per heavy atom. The predicted molar refractivity (Wildman–Crippen MR) is 83.2 cm³/mol. The molecular weight excluding hydrogens is 301 g/mol. The van der Waals surface area contributed by atoms with Crippen LogP contribution in [-0.4, -0.2) is 59.1 Å². The van der Waals surface area contributed by atoms with Gasteiger partial charge in [-0.05, 0) is 30.2 Å². The van der Waals surface area contributed by atoms with E-state index in [4.69, 9.17) is 0 Å². The number of carbonyl (C=O) groups excluding carboxylic acids is 2. The molecule has 0 aromatic heterocycles. The van der Waals surface area contributed by atoms with Gasteiger partial charge in [0.05, 0.1) is 12.6 Å². The third-order valence-electron chi connectivity index (χ3n) is 3.98. The van der Waals surface area contributed by atoms with Gasteiger partial charge in [0.1, 0.15) is 5.82 Å². The van der Waals surface area contributed by atoms with Crippen LogP contribution in [0.4, 0.5) is 9.18 Å². The van der Waals surface area contributed by atoms with E-state index >= 15 is 0 Å². The molecule has 6 nitrogen and oxygen atoms in total. The fourth-order valence-corrected chi connectivity index (χ4v) is 2.57. The van der Waals surface area contributed by atoms with Gasteiger partial charge in [-0.25, -0.2) is 9.18 Å². The van der Waals surface area contributed by atoms with Gasteiger partial charge >= 0.3 is 6.03 Å². The summed E-state index contributed by atoms with van der Waals surface area (Å²) in [5.74, 6) is -0.469. The van der Waals surface area contributed by atoms with Crippen molar-refractivity contribution < 1.29 is 19.1 Å². The molecule has 0 spiro atoms. The molecule has 0 saturated carbocycles. The molecule has 1 aromatic rings. The molecule has 2 rings (SSSR count). The largest absolute Gasteiger partial charge is 0.389 e. The Bertz CT molecular complexity index is 594. The molecule has 0 aliphatic carbocycles. The number of nitrogens with one attached hydrogen (secondary N) is 1. The summed E-state index contributed by atoms with van der Waals surface area (Å²) in [4.78, 5) is 26.7. The number of amides is 3. The zero-order valence-corrected chi connectivity index (χ0v) is 13.4. The lowest BCUT2D eigenvalue weighted by Crippen LogP contribution is -2.43. The summed E-state index contributed by atoms with van der Waals surface area (Å²) in [6.07, 6.45) is -0.775. The van der Waals surface area contributed by atoms with E-state index in [1.807, 2.05) is 6.92 Å². The molecule has 1 atom stereocenters. The first-order valence-electron chi connectivity index (χ1n) is 7.58. The van der Waals surface area contributed by atoms with Gasteiger partial charge in [0.15, 0.2) is 0 Å². The van der Waals surface area contributed by atoms with Crippen molar-refractivity contribution in [2.45, 2.75) is 26.5 Å². The van der Waals surface area contributed by atoms with Crippen LogP contribution in [0.3, 0.4) is 0 Å². The van der Waals surface area contributed by atoms with E-state index in [-0.39, 0.29) is 37.4 Å². The van der Waals surface area contributed by atoms with Crippen LogP contribution in [0.15, 0.2) is 18.2 Å². The summed E-state index contributed by atoms with van der Waals surface area (Å²) < 4.78 is 13.3. The number of benzene rings is 1. The third-order valence-corrected chi connectivity index (χ3v) is 3.98. The van der Waals surface area contributed by atoms with Gasteiger partial charge in [0.25, 0.3) is 0 Å². The van der Waals surface area contributed by atoms with Gasteiger partial charge in [-0.1, -0.05) is 6.07 Å². The average Bonchev–Trinajstić information content (AvgIpc) is 2.70. The molecule has 0 unspecified atom stereocenters. The minimum Gasteiger partial charge on any atom is -0.389 e. The van der Waals surface area contributed by atoms with E-state index in [1.54, 1.807) is 6.07 Å². The summed E-state index contributed by atoms with van der Waals surface area (Å²) in [6, 6.07) is 4.10. The smallest absolute Gasteiger partial charge is 0.317 e. The van der Waals surface area contributed by atoms with Crippen LogP contribution in [0, 0.1) is 12.7 Å². The van der Waals surface area contributed by atoms with E-state index in [9.17, 15) is 19.1 Å². The van der Waals surface area contributed by atoms with Crippen LogP contribution < -0.4 is 5.32 Å². The number of aliphatic hydroxyl groups is 1. The maximum atomic E-state index is 13.3. The molecular formula is C16H22FN3O3. The van der Waals surface area contributed by atoms with E-state index in [2.05, 4.69) is 5.32 Å². The van der Waals surface area contributed by atoms with Crippen LogP contribution in [0.1, 0.15) is 18.1 Å². The molecule has 1 heterocycles. The minimum atomic E-state index is -0.775.